The molecule has 136 valence electrons. The number of para-hydroxylation sites is 2. The zero-order valence-electron chi connectivity index (χ0n) is 14.7. The highest BCUT2D eigenvalue weighted by Gasteiger charge is 2.08. The number of nitrogens with zero attached hydrogens (tertiary/aromatic N) is 2. The van der Waals surface area contributed by atoms with E-state index in [2.05, 4.69) is 15.5 Å². The monoisotopic (exact) mass is 361 g/mol. The van der Waals surface area contributed by atoms with E-state index in [-0.39, 0.29) is 11.7 Å². The molecule has 3 aromatic rings. The number of phenolic OH excluding ortho intramolecular Hbond substituents is 1. The van der Waals surface area contributed by atoms with Crippen LogP contribution >= 0.6 is 0 Å². The van der Waals surface area contributed by atoms with E-state index in [1.54, 1.807) is 61.5 Å². The van der Waals surface area contributed by atoms with E-state index in [0.29, 0.717) is 39.6 Å². The van der Waals surface area contributed by atoms with Gasteiger partial charge in [0.2, 0.25) is 0 Å². The molecule has 0 aliphatic heterocycles. The summed E-state index contributed by atoms with van der Waals surface area (Å²) in [6.07, 6.45) is 0. The predicted molar refractivity (Wildman–Crippen MR) is 107 cm³/mol. The fourth-order valence-electron chi connectivity index (χ4n) is 2.38. The predicted octanol–water partition coefficient (Wildman–Crippen LogP) is 4.53. The van der Waals surface area contributed by atoms with E-state index in [1.807, 2.05) is 0 Å². The molecule has 0 unspecified atom stereocenters. The maximum atomic E-state index is 12.3. The summed E-state index contributed by atoms with van der Waals surface area (Å²) in [6.45, 7) is 1.75. The third-order valence-corrected chi connectivity index (χ3v) is 3.96. The summed E-state index contributed by atoms with van der Waals surface area (Å²) < 4.78 is 0. The molecule has 0 atom stereocenters. The second-order valence-corrected chi connectivity index (χ2v) is 5.99. The number of benzene rings is 3. The molecule has 0 heterocycles. The lowest BCUT2D eigenvalue weighted by Crippen LogP contribution is -2.12. The number of carbonyl (C=O) groups excluding carboxylic acids is 1. The van der Waals surface area contributed by atoms with Crippen molar-refractivity contribution >= 4 is 34.3 Å². The van der Waals surface area contributed by atoms with Crippen molar-refractivity contribution < 1.29 is 9.90 Å². The van der Waals surface area contributed by atoms with E-state index >= 15 is 0 Å². The van der Waals surface area contributed by atoms with Crippen molar-refractivity contribution in [2.45, 2.75) is 6.92 Å². The molecule has 0 bridgehead atoms. The number of hydrogen-bond donors (Lipinski definition) is 4. The van der Waals surface area contributed by atoms with Crippen LogP contribution in [0.25, 0.3) is 0 Å². The van der Waals surface area contributed by atoms with Crippen LogP contribution in [0.15, 0.2) is 70.9 Å². The molecule has 0 radical (unpaired) electrons. The highest BCUT2D eigenvalue weighted by Crippen LogP contribution is 2.31. The van der Waals surface area contributed by atoms with Crippen molar-refractivity contribution in [3.63, 3.8) is 0 Å². The Morgan fingerprint density at radius 1 is 0.963 bits per heavy atom. The summed E-state index contributed by atoms with van der Waals surface area (Å²) in [5.41, 5.74) is 15.2. The molecule has 0 fully saturated rings. The summed E-state index contributed by atoms with van der Waals surface area (Å²) in [6, 6.07) is 16.8. The molecule has 0 aliphatic rings. The Morgan fingerprint density at radius 2 is 1.67 bits per heavy atom. The van der Waals surface area contributed by atoms with Gasteiger partial charge in [-0.1, -0.05) is 12.1 Å². The highest BCUT2D eigenvalue weighted by molar-refractivity contribution is 6.05. The zero-order chi connectivity index (χ0) is 19.4. The van der Waals surface area contributed by atoms with Gasteiger partial charge in [-0.25, -0.2) is 0 Å². The zero-order valence-corrected chi connectivity index (χ0v) is 14.7. The van der Waals surface area contributed by atoms with Crippen molar-refractivity contribution in [3.05, 3.63) is 71.8 Å². The first kappa shape index (κ1) is 17.9. The van der Waals surface area contributed by atoms with Crippen LogP contribution in [0.1, 0.15) is 15.9 Å². The molecule has 7 nitrogen and oxygen atoms in total. The van der Waals surface area contributed by atoms with Crippen LogP contribution in [0.2, 0.25) is 0 Å². The summed E-state index contributed by atoms with van der Waals surface area (Å²) in [5, 5.41) is 20.6. The first-order chi connectivity index (χ1) is 12.9. The number of nitrogens with one attached hydrogen (secondary N) is 1. The lowest BCUT2D eigenvalue weighted by Gasteiger charge is -2.07. The average molecular weight is 361 g/mol. The van der Waals surface area contributed by atoms with Gasteiger partial charge in [0.05, 0.1) is 22.7 Å². The molecule has 0 saturated heterocycles. The van der Waals surface area contributed by atoms with Gasteiger partial charge in [-0.3, -0.25) is 4.79 Å². The highest BCUT2D eigenvalue weighted by atomic mass is 16.3. The van der Waals surface area contributed by atoms with Gasteiger partial charge in [0.15, 0.2) is 0 Å². The molecule has 0 aliphatic carbocycles. The Balaban J connectivity index is 1.73. The van der Waals surface area contributed by atoms with Crippen LogP contribution in [0, 0.1) is 6.92 Å². The molecule has 1 amide bonds. The summed E-state index contributed by atoms with van der Waals surface area (Å²) in [7, 11) is 0. The molecule has 6 N–H and O–H groups in total. The van der Waals surface area contributed by atoms with E-state index in [1.165, 1.54) is 6.07 Å². The Kier molecular flexibility index (Phi) is 5.03. The molecule has 3 rings (SSSR count). The van der Waals surface area contributed by atoms with E-state index < -0.39 is 0 Å². The Hall–Kier alpha value is -3.87. The van der Waals surface area contributed by atoms with Gasteiger partial charge in [-0.15, -0.1) is 5.11 Å². The standard InChI is InChI=1S/C20H19N5O2/c1-12-10-18(16(22)11-19(12)26)25-24-14-8-6-13(7-9-14)20(27)23-17-5-3-2-4-15(17)21/h2-11,26H,21-22H2,1H3,(H,23,27). The molecule has 3 aromatic carbocycles. The summed E-state index contributed by atoms with van der Waals surface area (Å²) in [5.74, 6) is -0.157. The summed E-state index contributed by atoms with van der Waals surface area (Å²) >= 11 is 0. The minimum atomic E-state index is -0.269. The number of hydrogen-bond acceptors (Lipinski definition) is 6. The van der Waals surface area contributed by atoms with Gasteiger partial charge in [0, 0.05) is 11.6 Å². The number of nitrogens with two attached hydrogens (primary N) is 2. The lowest BCUT2D eigenvalue weighted by molar-refractivity contribution is 0.102. The fourth-order valence-corrected chi connectivity index (χ4v) is 2.38. The van der Waals surface area contributed by atoms with Crippen LogP contribution in [0.4, 0.5) is 28.4 Å². The van der Waals surface area contributed by atoms with Gasteiger partial charge in [-0.2, -0.15) is 5.11 Å². The number of carbonyl (C=O) groups is 1. The maximum absolute atomic E-state index is 12.3. The number of rotatable bonds is 4. The minimum Gasteiger partial charge on any atom is -0.508 e. The van der Waals surface area contributed by atoms with Crippen molar-refractivity contribution in [1.82, 2.24) is 0 Å². The number of anilines is 3. The quantitative estimate of drug-likeness (QED) is 0.402. The first-order valence-corrected chi connectivity index (χ1v) is 8.21. The molecule has 0 aromatic heterocycles. The molecule has 0 saturated carbocycles. The van der Waals surface area contributed by atoms with Gasteiger partial charge >= 0.3 is 0 Å². The fraction of sp³-hybridized carbons (Fsp3) is 0.0500. The van der Waals surface area contributed by atoms with E-state index in [9.17, 15) is 9.90 Å². The number of azo groups is 1. The summed E-state index contributed by atoms with van der Waals surface area (Å²) in [4.78, 5) is 12.3. The van der Waals surface area contributed by atoms with Crippen molar-refractivity contribution in [3.8, 4) is 5.75 Å². The van der Waals surface area contributed by atoms with Crippen LogP contribution < -0.4 is 16.8 Å². The molecule has 7 heteroatoms. The molecular weight excluding hydrogens is 342 g/mol. The molecule has 27 heavy (non-hydrogen) atoms. The van der Waals surface area contributed by atoms with E-state index in [4.69, 9.17) is 11.5 Å². The van der Waals surface area contributed by atoms with Crippen molar-refractivity contribution in [2.24, 2.45) is 10.2 Å². The molecule has 0 spiro atoms. The average Bonchev–Trinajstić information content (AvgIpc) is 2.66. The van der Waals surface area contributed by atoms with Crippen LogP contribution in [-0.2, 0) is 0 Å². The van der Waals surface area contributed by atoms with Gasteiger partial charge in [0.25, 0.3) is 5.91 Å². The number of nitrogen functional groups attached to an aromatic ring is 2. The van der Waals surface area contributed by atoms with Crippen LogP contribution in [-0.4, -0.2) is 11.0 Å². The number of amides is 1. The van der Waals surface area contributed by atoms with Crippen molar-refractivity contribution in [2.75, 3.05) is 16.8 Å². The number of phenols is 1. The topological polar surface area (TPSA) is 126 Å². The van der Waals surface area contributed by atoms with Crippen LogP contribution in [0.5, 0.6) is 5.75 Å². The maximum Gasteiger partial charge on any atom is 0.255 e. The normalized spacial score (nSPS) is 10.9. The van der Waals surface area contributed by atoms with Gasteiger partial charge in [0.1, 0.15) is 11.4 Å². The molecular formula is C20H19N5O2. The van der Waals surface area contributed by atoms with Crippen molar-refractivity contribution in [1.29, 1.82) is 0 Å². The third kappa shape index (κ3) is 4.21. The Morgan fingerprint density at radius 3 is 2.37 bits per heavy atom. The Bertz CT molecular complexity index is 1010. The lowest BCUT2D eigenvalue weighted by atomic mass is 10.2. The Labute approximate surface area is 156 Å². The third-order valence-electron chi connectivity index (χ3n) is 3.96. The minimum absolute atomic E-state index is 0.112. The second kappa shape index (κ2) is 7.57. The van der Waals surface area contributed by atoms with E-state index in [0.717, 1.165) is 0 Å². The second-order valence-electron chi connectivity index (χ2n) is 5.99. The number of aryl methyl sites for hydroxylation is 1. The number of aromatic hydroxyl groups is 1. The van der Waals surface area contributed by atoms with Crippen LogP contribution in [0.3, 0.4) is 0 Å². The van der Waals surface area contributed by atoms with Gasteiger partial charge < -0.3 is 21.9 Å². The first-order valence-electron chi connectivity index (χ1n) is 8.21. The SMILES string of the molecule is Cc1cc(N=Nc2ccc(C(=O)Nc3ccccc3N)cc2)c(N)cc1O. The largest absolute Gasteiger partial charge is 0.508 e. The smallest absolute Gasteiger partial charge is 0.255 e. The van der Waals surface area contributed by atoms with Gasteiger partial charge in [-0.05, 0) is 55.0 Å².